The second kappa shape index (κ2) is 4.13. The highest BCUT2D eigenvalue weighted by Gasteiger charge is 2.65. The summed E-state index contributed by atoms with van der Waals surface area (Å²) in [4.78, 5) is 11.9. The van der Waals surface area contributed by atoms with E-state index >= 15 is 0 Å². The monoisotopic (exact) mass is 234 g/mol. The van der Waals surface area contributed by atoms with Crippen LogP contribution in [0.25, 0.3) is 0 Å². The minimum atomic E-state index is -0.799. The molecule has 0 aromatic heterocycles. The second-order valence-electron chi connectivity index (χ2n) is 4.40. The lowest BCUT2D eigenvalue weighted by molar-refractivity contribution is -0.154. The maximum absolute atomic E-state index is 11.9. The quantitative estimate of drug-likeness (QED) is 0.584. The van der Waals surface area contributed by atoms with Gasteiger partial charge in [-0.1, -0.05) is 30.3 Å². The van der Waals surface area contributed by atoms with Gasteiger partial charge in [0, 0.05) is 13.0 Å². The third-order valence-corrected chi connectivity index (χ3v) is 3.21. The maximum atomic E-state index is 11.9. The molecule has 0 aliphatic carbocycles. The van der Waals surface area contributed by atoms with Gasteiger partial charge in [0.05, 0.1) is 6.61 Å². The number of esters is 1. The van der Waals surface area contributed by atoms with Crippen molar-refractivity contribution in [3.63, 3.8) is 0 Å². The molecule has 2 saturated heterocycles. The molecule has 4 nitrogen and oxygen atoms in total. The van der Waals surface area contributed by atoms with Crippen molar-refractivity contribution in [3.8, 4) is 0 Å². The summed E-state index contributed by atoms with van der Waals surface area (Å²) in [6, 6.07) is 9.61. The van der Waals surface area contributed by atoms with Gasteiger partial charge in [-0.15, -0.1) is 0 Å². The lowest BCUT2D eigenvalue weighted by Gasteiger charge is -2.16. The number of carbonyl (C=O) groups excluding carboxylic acids is 1. The Hall–Kier alpha value is -1.39. The van der Waals surface area contributed by atoms with Gasteiger partial charge < -0.3 is 14.2 Å². The molecule has 2 heterocycles. The topological polar surface area (TPSA) is 48.1 Å². The first-order chi connectivity index (χ1) is 8.31. The molecule has 3 rings (SSSR count). The lowest BCUT2D eigenvalue weighted by atomic mass is 10.0. The molecule has 0 saturated carbocycles. The third kappa shape index (κ3) is 1.94. The molecule has 2 aliphatic rings. The van der Waals surface area contributed by atoms with Crippen LogP contribution in [0, 0.1) is 0 Å². The van der Waals surface area contributed by atoms with Gasteiger partial charge in [0.2, 0.25) is 5.60 Å². The van der Waals surface area contributed by atoms with Crippen molar-refractivity contribution in [1.29, 1.82) is 0 Å². The van der Waals surface area contributed by atoms with Crippen molar-refractivity contribution < 1.29 is 19.0 Å². The summed E-state index contributed by atoms with van der Waals surface area (Å²) >= 11 is 0. The highest BCUT2D eigenvalue weighted by Crippen LogP contribution is 2.43. The van der Waals surface area contributed by atoms with Crippen LogP contribution in [-0.4, -0.2) is 30.9 Å². The summed E-state index contributed by atoms with van der Waals surface area (Å²) in [5.41, 5.74) is 0.179. The molecule has 0 radical (unpaired) electrons. The van der Waals surface area contributed by atoms with E-state index in [0.29, 0.717) is 13.2 Å². The third-order valence-electron chi connectivity index (χ3n) is 3.21. The van der Waals surface area contributed by atoms with Gasteiger partial charge in [-0.25, -0.2) is 4.79 Å². The molecule has 0 bridgehead atoms. The number of rotatable bonds is 3. The molecule has 2 fully saturated rings. The highest BCUT2D eigenvalue weighted by molar-refractivity contribution is 5.83. The first kappa shape index (κ1) is 10.7. The predicted octanol–water partition coefficient (Wildman–Crippen LogP) is 1.29. The lowest BCUT2D eigenvalue weighted by Crippen LogP contribution is -2.37. The van der Waals surface area contributed by atoms with Crippen LogP contribution in [0.3, 0.4) is 0 Å². The van der Waals surface area contributed by atoms with E-state index < -0.39 is 5.60 Å². The van der Waals surface area contributed by atoms with Crippen molar-refractivity contribution in [2.24, 2.45) is 0 Å². The summed E-state index contributed by atoms with van der Waals surface area (Å²) in [6.07, 6.45) is 0.778. The zero-order valence-corrected chi connectivity index (χ0v) is 9.43. The number of fused-ring (bicyclic) bond motifs is 1. The molecule has 1 aromatic carbocycles. The van der Waals surface area contributed by atoms with Gasteiger partial charge in [0.1, 0.15) is 12.7 Å². The molecule has 1 aromatic rings. The van der Waals surface area contributed by atoms with Gasteiger partial charge in [0.25, 0.3) is 0 Å². The molecule has 2 atom stereocenters. The fraction of sp³-hybridized carbons (Fsp3) is 0.462. The largest absolute Gasteiger partial charge is 0.459 e. The van der Waals surface area contributed by atoms with E-state index in [-0.39, 0.29) is 18.7 Å². The second-order valence-corrected chi connectivity index (χ2v) is 4.40. The number of carbonyl (C=O) groups is 1. The fourth-order valence-corrected chi connectivity index (χ4v) is 2.14. The summed E-state index contributed by atoms with van der Waals surface area (Å²) < 4.78 is 16.0. The van der Waals surface area contributed by atoms with E-state index in [1.165, 1.54) is 0 Å². The smallest absolute Gasteiger partial charge is 0.343 e. The van der Waals surface area contributed by atoms with Crippen LogP contribution in [0.2, 0.25) is 0 Å². The van der Waals surface area contributed by atoms with Crippen LogP contribution >= 0.6 is 0 Å². The van der Waals surface area contributed by atoms with E-state index in [1.807, 2.05) is 30.3 Å². The first-order valence-corrected chi connectivity index (χ1v) is 5.78. The Morgan fingerprint density at radius 1 is 1.41 bits per heavy atom. The Labute approximate surface area is 99.5 Å². The van der Waals surface area contributed by atoms with E-state index in [9.17, 15) is 4.79 Å². The van der Waals surface area contributed by atoms with Crippen molar-refractivity contribution in [1.82, 2.24) is 0 Å². The Morgan fingerprint density at radius 3 is 3.00 bits per heavy atom. The van der Waals surface area contributed by atoms with Crippen molar-refractivity contribution in [2.75, 3.05) is 13.2 Å². The summed E-state index contributed by atoms with van der Waals surface area (Å²) in [5.74, 6) is -0.300. The summed E-state index contributed by atoms with van der Waals surface area (Å²) in [7, 11) is 0. The molecule has 4 heteroatoms. The van der Waals surface area contributed by atoms with E-state index in [1.54, 1.807) is 0 Å². The standard InChI is InChI=1S/C13H14O4/c14-12(13-9-15-7-6-11(13)17-13)16-8-10-4-2-1-3-5-10/h1-5,11H,6-9H2. The number of hydrogen-bond acceptors (Lipinski definition) is 4. The van der Waals surface area contributed by atoms with Crippen LogP contribution < -0.4 is 0 Å². The molecular weight excluding hydrogens is 220 g/mol. The Kier molecular flexibility index (Phi) is 2.61. The van der Waals surface area contributed by atoms with Gasteiger partial charge in [-0.05, 0) is 5.56 Å². The molecule has 0 N–H and O–H groups in total. The van der Waals surface area contributed by atoms with E-state index in [0.717, 1.165) is 12.0 Å². The zero-order chi connectivity index (χ0) is 11.7. The molecule has 17 heavy (non-hydrogen) atoms. The molecule has 2 unspecified atom stereocenters. The minimum Gasteiger partial charge on any atom is -0.459 e. The molecule has 0 spiro atoms. The molecular formula is C13H14O4. The number of benzene rings is 1. The normalized spacial score (nSPS) is 30.5. The average Bonchev–Trinajstić information content (AvgIpc) is 3.13. The molecule has 0 amide bonds. The van der Waals surface area contributed by atoms with Crippen LogP contribution in [0.4, 0.5) is 0 Å². The van der Waals surface area contributed by atoms with Crippen LogP contribution in [0.1, 0.15) is 12.0 Å². The predicted molar refractivity (Wildman–Crippen MR) is 59.3 cm³/mol. The van der Waals surface area contributed by atoms with Gasteiger partial charge in [-0.2, -0.15) is 0 Å². The van der Waals surface area contributed by atoms with Crippen molar-refractivity contribution in [3.05, 3.63) is 35.9 Å². The van der Waals surface area contributed by atoms with Gasteiger partial charge in [-0.3, -0.25) is 0 Å². The average molecular weight is 234 g/mol. The van der Waals surface area contributed by atoms with Crippen molar-refractivity contribution >= 4 is 5.97 Å². The van der Waals surface area contributed by atoms with E-state index in [2.05, 4.69) is 0 Å². The van der Waals surface area contributed by atoms with E-state index in [4.69, 9.17) is 14.2 Å². The van der Waals surface area contributed by atoms with Crippen molar-refractivity contribution in [2.45, 2.75) is 24.7 Å². The first-order valence-electron chi connectivity index (χ1n) is 5.78. The SMILES string of the molecule is O=C(OCc1ccccc1)C12COCCC1O2. The number of ether oxygens (including phenoxy) is 3. The molecule has 2 aliphatic heterocycles. The zero-order valence-electron chi connectivity index (χ0n) is 9.43. The fourth-order valence-electron chi connectivity index (χ4n) is 2.14. The Morgan fingerprint density at radius 2 is 2.24 bits per heavy atom. The number of hydrogen-bond donors (Lipinski definition) is 0. The Bertz CT molecular complexity index is 417. The summed E-state index contributed by atoms with van der Waals surface area (Å²) in [6.45, 7) is 1.28. The van der Waals surface area contributed by atoms with Crippen LogP contribution in [-0.2, 0) is 25.6 Å². The highest BCUT2D eigenvalue weighted by atomic mass is 16.7. The van der Waals surface area contributed by atoms with Gasteiger partial charge >= 0.3 is 5.97 Å². The Balaban J connectivity index is 1.58. The van der Waals surface area contributed by atoms with Crippen LogP contribution in [0.5, 0.6) is 0 Å². The minimum absolute atomic E-state index is 0.000441. The van der Waals surface area contributed by atoms with Crippen LogP contribution in [0.15, 0.2) is 30.3 Å². The molecule has 90 valence electrons. The van der Waals surface area contributed by atoms with Gasteiger partial charge in [0.15, 0.2) is 0 Å². The summed E-state index contributed by atoms with van der Waals surface area (Å²) in [5, 5.41) is 0. The number of epoxide rings is 1. The maximum Gasteiger partial charge on any atom is 0.343 e.